The van der Waals surface area contributed by atoms with Crippen molar-refractivity contribution in [2.45, 2.75) is 18.9 Å². The normalized spacial score (nSPS) is 14.4. The number of ketones is 1. The van der Waals surface area contributed by atoms with Gasteiger partial charge in [0.2, 0.25) is 11.8 Å². The molecule has 3 aromatic rings. The Morgan fingerprint density at radius 2 is 1.33 bits per heavy atom. The van der Waals surface area contributed by atoms with Gasteiger partial charge in [0.1, 0.15) is 6.04 Å². The summed E-state index contributed by atoms with van der Waals surface area (Å²) in [4.78, 5) is 42.0. The van der Waals surface area contributed by atoms with Gasteiger partial charge in [0.05, 0.1) is 12.5 Å². The number of aliphatic hydroxyl groups is 1. The summed E-state index contributed by atoms with van der Waals surface area (Å²) in [5, 5.41) is 12.8. The fourth-order valence-corrected chi connectivity index (χ4v) is 4.54. The Hall–Kier alpha value is -3.97. The van der Waals surface area contributed by atoms with E-state index in [9.17, 15) is 19.5 Å². The zero-order valence-corrected chi connectivity index (χ0v) is 20.3. The van der Waals surface area contributed by atoms with Crippen molar-refractivity contribution in [2.75, 3.05) is 37.7 Å². The highest BCUT2D eigenvalue weighted by Gasteiger charge is 2.31. The van der Waals surface area contributed by atoms with E-state index in [2.05, 4.69) is 10.2 Å². The number of aliphatic hydroxyl groups excluding tert-OH is 1. The van der Waals surface area contributed by atoms with Crippen LogP contribution < -0.4 is 10.2 Å². The highest BCUT2D eigenvalue weighted by atomic mass is 16.3. The zero-order valence-electron chi connectivity index (χ0n) is 20.3. The van der Waals surface area contributed by atoms with Gasteiger partial charge in [-0.05, 0) is 42.3 Å². The summed E-state index contributed by atoms with van der Waals surface area (Å²) >= 11 is 0. The van der Waals surface area contributed by atoms with Gasteiger partial charge in [-0.2, -0.15) is 0 Å². The Labute approximate surface area is 211 Å². The highest BCUT2D eigenvalue weighted by Crippen LogP contribution is 2.25. The molecule has 0 spiro atoms. The molecule has 186 valence electrons. The van der Waals surface area contributed by atoms with Crippen molar-refractivity contribution in [3.05, 3.63) is 102 Å². The van der Waals surface area contributed by atoms with E-state index in [0.717, 1.165) is 16.8 Å². The molecule has 2 N–H and O–H groups in total. The Kier molecular flexibility index (Phi) is 8.13. The molecule has 0 saturated carbocycles. The van der Waals surface area contributed by atoms with Crippen LogP contribution in [0.25, 0.3) is 0 Å². The van der Waals surface area contributed by atoms with E-state index in [-0.39, 0.29) is 17.6 Å². The standard InChI is InChI=1S/C29H31N3O4/c1-21(34)22-12-14-25(15-13-22)31-16-18-32(19-17-31)29(36)26(20-33)30-28(35)27(23-8-4-2-5-9-23)24-10-6-3-7-11-24/h2-15,26-27,33H,16-20H2,1H3,(H,30,35). The number of rotatable bonds is 8. The van der Waals surface area contributed by atoms with E-state index in [0.29, 0.717) is 31.7 Å². The molecule has 1 aliphatic rings. The first kappa shape index (κ1) is 25.1. The largest absolute Gasteiger partial charge is 0.394 e. The maximum atomic E-state index is 13.4. The van der Waals surface area contributed by atoms with Crippen LogP contribution in [0.15, 0.2) is 84.9 Å². The summed E-state index contributed by atoms with van der Waals surface area (Å²) in [5.41, 5.74) is 3.29. The van der Waals surface area contributed by atoms with Gasteiger partial charge in [-0.3, -0.25) is 14.4 Å². The van der Waals surface area contributed by atoms with Crippen LogP contribution in [0.5, 0.6) is 0 Å². The second kappa shape index (κ2) is 11.6. The number of carbonyl (C=O) groups is 3. The van der Waals surface area contributed by atoms with Gasteiger partial charge in [-0.1, -0.05) is 60.7 Å². The zero-order chi connectivity index (χ0) is 25.5. The van der Waals surface area contributed by atoms with E-state index >= 15 is 0 Å². The molecule has 0 bridgehead atoms. The van der Waals surface area contributed by atoms with Crippen LogP contribution in [0.3, 0.4) is 0 Å². The number of nitrogens with zero attached hydrogens (tertiary/aromatic N) is 2. The van der Waals surface area contributed by atoms with Gasteiger partial charge in [0, 0.05) is 37.4 Å². The molecule has 1 fully saturated rings. The molecule has 1 atom stereocenters. The van der Waals surface area contributed by atoms with Crippen LogP contribution in [0.4, 0.5) is 5.69 Å². The minimum absolute atomic E-state index is 0.0239. The van der Waals surface area contributed by atoms with Gasteiger partial charge < -0.3 is 20.2 Å². The predicted molar refractivity (Wildman–Crippen MR) is 139 cm³/mol. The van der Waals surface area contributed by atoms with Gasteiger partial charge in [-0.25, -0.2) is 0 Å². The number of amides is 2. The van der Waals surface area contributed by atoms with Crippen molar-refractivity contribution < 1.29 is 19.5 Å². The Morgan fingerprint density at radius 3 is 1.81 bits per heavy atom. The molecule has 1 saturated heterocycles. The van der Waals surface area contributed by atoms with Crippen molar-refractivity contribution in [3.63, 3.8) is 0 Å². The molecule has 0 aromatic heterocycles. The molecule has 3 aromatic carbocycles. The summed E-state index contributed by atoms with van der Waals surface area (Å²) < 4.78 is 0. The van der Waals surface area contributed by atoms with Crippen molar-refractivity contribution in [1.82, 2.24) is 10.2 Å². The number of nitrogens with one attached hydrogen (secondary N) is 1. The third-order valence-corrected chi connectivity index (χ3v) is 6.56. The third-order valence-electron chi connectivity index (χ3n) is 6.56. The van der Waals surface area contributed by atoms with Crippen LogP contribution in [-0.2, 0) is 9.59 Å². The minimum Gasteiger partial charge on any atom is -0.394 e. The fourth-order valence-electron chi connectivity index (χ4n) is 4.54. The lowest BCUT2D eigenvalue weighted by molar-refractivity contribution is -0.138. The molecule has 0 aliphatic carbocycles. The van der Waals surface area contributed by atoms with Gasteiger partial charge >= 0.3 is 0 Å². The number of hydrogen-bond donors (Lipinski definition) is 2. The van der Waals surface area contributed by atoms with Crippen LogP contribution >= 0.6 is 0 Å². The van der Waals surface area contributed by atoms with E-state index < -0.39 is 18.6 Å². The Bertz CT molecular complexity index is 1130. The quantitative estimate of drug-likeness (QED) is 0.479. The molecule has 0 radical (unpaired) electrons. The minimum atomic E-state index is -1.02. The third kappa shape index (κ3) is 5.80. The summed E-state index contributed by atoms with van der Waals surface area (Å²) in [6, 6.07) is 25.2. The van der Waals surface area contributed by atoms with Crippen molar-refractivity contribution in [2.24, 2.45) is 0 Å². The van der Waals surface area contributed by atoms with Crippen molar-refractivity contribution >= 4 is 23.3 Å². The lowest BCUT2D eigenvalue weighted by Crippen LogP contribution is -2.56. The van der Waals surface area contributed by atoms with Crippen LogP contribution in [0.1, 0.15) is 34.3 Å². The monoisotopic (exact) mass is 485 g/mol. The van der Waals surface area contributed by atoms with Crippen LogP contribution in [0.2, 0.25) is 0 Å². The summed E-state index contributed by atoms with van der Waals surface area (Å²) in [6.45, 7) is 3.24. The SMILES string of the molecule is CC(=O)c1ccc(N2CCN(C(=O)C(CO)NC(=O)C(c3ccccc3)c3ccccc3)CC2)cc1. The maximum Gasteiger partial charge on any atom is 0.247 e. The van der Waals surface area contributed by atoms with E-state index in [1.807, 2.05) is 84.9 Å². The second-order valence-electron chi connectivity index (χ2n) is 8.91. The smallest absolute Gasteiger partial charge is 0.247 e. The number of piperazine rings is 1. The molecule has 1 unspecified atom stereocenters. The van der Waals surface area contributed by atoms with E-state index in [1.165, 1.54) is 6.92 Å². The molecule has 4 rings (SSSR count). The second-order valence-corrected chi connectivity index (χ2v) is 8.91. The lowest BCUT2D eigenvalue weighted by Gasteiger charge is -2.37. The average molecular weight is 486 g/mol. The summed E-state index contributed by atoms with van der Waals surface area (Å²) in [6.07, 6.45) is 0. The Balaban J connectivity index is 1.41. The predicted octanol–water partition coefficient (Wildman–Crippen LogP) is 2.85. The van der Waals surface area contributed by atoms with Gasteiger partial charge in [0.25, 0.3) is 0 Å². The molecular formula is C29H31N3O4. The number of carbonyl (C=O) groups excluding carboxylic acids is 3. The number of Topliss-reactive ketones (excluding diaryl/α,β-unsaturated/α-hetero) is 1. The molecule has 7 heteroatoms. The topological polar surface area (TPSA) is 90.0 Å². The molecular weight excluding hydrogens is 454 g/mol. The number of hydrogen-bond acceptors (Lipinski definition) is 5. The van der Waals surface area contributed by atoms with E-state index in [1.54, 1.807) is 4.90 Å². The number of anilines is 1. The lowest BCUT2D eigenvalue weighted by atomic mass is 9.90. The summed E-state index contributed by atoms with van der Waals surface area (Å²) in [5.74, 6) is -1.19. The number of benzene rings is 3. The fraction of sp³-hybridized carbons (Fsp3) is 0.276. The molecule has 2 amide bonds. The first-order valence-electron chi connectivity index (χ1n) is 12.1. The molecule has 7 nitrogen and oxygen atoms in total. The van der Waals surface area contributed by atoms with Crippen molar-refractivity contribution in [1.29, 1.82) is 0 Å². The van der Waals surface area contributed by atoms with Gasteiger partial charge in [-0.15, -0.1) is 0 Å². The molecule has 36 heavy (non-hydrogen) atoms. The maximum absolute atomic E-state index is 13.4. The van der Waals surface area contributed by atoms with E-state index in [4.69, 9.17) is 0 Å². The highest BCUT2D eigenvalue weighted by molar-refractivity contribution is 5.94. The first-order valence-corrected chi connectivity index (χ1v) is 12.1. The van der Waals surface area contributed by atoms with Crippen molar-refractivity contribution in [3.8, 4) is 0 Å². The molecule has 1 heterocycles. The first-order chi connectivity index (χ1) is 17.5. The van der Waals surface area contributed by atoms with Crippen LogP contribution in [0, 0.1) is 0 Å². The average Bonchev–Trinajstić information content (AvgIpc) is 2.93. The van der Waals surface area contributed by atoms with Gasteiger partial charge in [0.15, 0.2) is 5.78 Å². The summed E-state index contributed by atoms with van der Waals surface area (Å²) in [7, 11) is 0. The Morgan fingerprint density at radius 1 is 0.806 bits per heavy atom. The van der Waals surface area contributed by atoms with Crippen LogP contribution in [-0.4, -0.2) is 66.4 Å². The molecule has 1 aliphatic heterocycles.